The highest BCUT2D eigenvalue weighted by molar-refractivity contribution is 5.62. The Morgan fingerprint density at radius 1 is 0.947 bits per heavy atom. The largest absolute Gasteiger partial charge is 0.240 e. The summed E-state index contributed by atoms with van der Waals surface area (Å²) in [5.74, 6) is -0.637. The summed E-state index contributed by atoms with van der Waals surface area (Å²) >= 11 is 0. The summed E-state index contributed by atoms with van der Waals surface area (Å²) in [5, 5.41) is 4.13. The molecule has 0 radical (unpaired) electrons. The van der Waals surface area contributed by atoms with Crippen LogP contribution in [0.3, 0.4) is 0 Å². The maximum Gasteiger partial charge on any atom is 0.131 e. The van der Waals surface area contributed by atoms with Gasteiger partial charge in [-0.1, -0.05) is 24.3 Å². The summed E-state index contributed by atoms with van der Waals surface area (Å²) in [7, 11) is 0. The van der Waals surface area contributed by atoms with Crippen LogP contribution in [-0.4, -0.2) is 9.78 Å². The Bertz CT molecular complexity index is 719. The van der Waals surface area contributed by atoms with Gasteiger partial charge in [-0.15, -0.1) is 0 Å². The second-order valence-electron chi connectivity index (χ2n) is 4.13. The Balaban J connectivity index is 2.03. The molecule has 2 aromatic carbocycles. The summed E-state index contributed by atoms with van der Waals surface area (Å²) in [4.78, 5) is 0. The summed E-state index contributed by atoms with van der Waals surface area (Å²) < 4.78 is 28.3. The Hall–Kier alpha value is -2.49. The maximum absolute atomic E-state index is 13.7. The quantitative estimate of drug-likeness (QED) is 0.681. The number of rotatable bonds is 2. The van der Waals surface area contributed by atoms with E-state index in [1.807, 2.05) is 0 Å². The van der Waals surface area contributed by atoms with Crippen LogP contribution in [0.15, 0.2) is 60.9 Å². The highest BCUT2D eigenvalue weighted by Crippen LogP contribution is 2.22. The van der Waals surface area contributed by atoms with E-state index < -0.39 is 0 Å². The lowest BCUT2D eigenvalue weighted by atomic mass is 10.1. The normalized spacial score (nSPS) is 10.6. The van der Waals surface area contributed by atoms with E-state index in [1.165, 1.54) is 22.9 Å². The Labute approximate surface area is 108 Å². The molecule has 3 aromatic rings. The fourth-order valence-electron chi connectivity index (χ4n) is 1.92. The molecule has 1 heterocycles. The molecule has 0 bridgehead atoms. The minimum absolute atomic E-state index is 0.304. The van der Waals surface area contributed by atoms with Gasteiger partial charge in [0.15, 0.2) is 0 Å². The number of benzene rings is 2. The zero-order chi connectivity index (χ0) is 13.2. The summed E-state index contributed by atoms with van der Waals surface area (Å²) in [5.41, 5.74) is 1.73. The third kappa shape index (κ3) is 2.25. The molecular weight excluding hydrogens is 246 g/mol. The predicted octanol–water partition coefficient (Wildman–Crippen LogP) is 3.82. The van der Waals surface area contributed by atoms with Crippen molar-refractivity contribution in [3.05, 3.63) is 72.6 Å². The molecule has 19 heavy (non-hydrogen) atoms. The molecule has 3 rings (SSSR count). The van der Waals surface area contributed by atoms with Crippen molar-refractivity contribution >= 4 is 0 Å². The zero-order valence-electron chi connectivity index (χ0n) is 9.92. The lowest BCUT2D eigenvalue weighted by Crippen LogP contribution is -1.94. The van der Waals surface area contributed by atoms with Gasteiger partial charge in [0.25, 0.3) is 0 Å². The molecule has 0 spiro atoms. The van der Waals surface area contributed by atoms with Crippen molar-refractivity contribution in [2.45, 2.75) is 0 Å². The van der Waals surface area contributed by atoms with Crippen LogP contribution in [0.2, 0.25) is 0 Å². The van der Waals surface area contributed by atoms with Gasteiger partial charge in [0.05, 0.1) is 11.9 Å². The van der Waals surface area contributed by atoms with Crippen molar-refractivity contribution in [3.63, 3.8) is 0 Å². The molecule has 0 saturated carbocycles. The van der Waals surface area contributed by atoms with Crippen molar-refractivity contribution in [1.29, 1.82) is 0 Å². The number of halogens is 2. The van der Waals surface area contributed by atoms with Crippen molar-refractivity contribution < 1.29 is 8.78 Å². The first kappa shape index (κ1) is 11.6. The molecule has 0 atom stereocenters. The third-order valence-electron chi connectivity index (χ3n) is 2.84. The van der Waals surface area contributed by atoms with E-state index in [-0.39, 0.29) is 11.6 Å². The lowest BCUT2D eigenvalue weighted by Gasteiger charge is -2.01. The predicted molar refractivity (Wildman–Crippen MR) is 68.9 cm³/mol. The van der Waals surface area contributed by atoms with Crippen LogP contribution in [0.4, 0.5) is 8.78 Å². The average molecular weight is 256 g/mol. The number of hydrogen-bond donors (Lipinski definition) is 0. The first-order valence-electron chi connectivity index (χ1n) is 5.79. The minimum atomic E-state index is -0.333. The molecule has 94 valence electrons. The van der Waals surface area contributed by atoms with E-state index in [4.69, 9.17) is 0 Å². The van der Waals surface area contributed by atoms with E-state index in [0.29, 0.717) is 16.8 Å². The molecule has 0 N–H and O–H groups in total. The summed E-state index contributed by atoms with van der Waals surface area (Å²) in [6.07, 6.45) is 3.23. The van der Waals surface area contributed by atoms with Crippen molar-refractivity contribution in [2.75, 3.05) is 0 Å². The first-order valence-corrected chi connectivity index (χ1v) is 5.79. The van der Waals surface area contributed by atoms with E-state index in [2.05, 4.69) is 5.10 Å². The molecule has 1 aromatic heterocycles. The number of nitrogens with zero attached hydrogens (tertiary/aromatic N) is 2. The molecule has 0 amide bonds. The van der Waals surface area contributed by atoms with E-state index in [0.717, 1.165) is 0 Å². The van der Waals surface area contributed by atoms with Gasteiger partial charge in [-0.05, 0) is 24.3 Å². The van der Waals surface area contributed by atoms with Crippen LogP contribution in [0.5, 0.6) is 0 Å². The fraction of sp³-hybridized carbons (Fsp3) is 0. The molecule has 0 unspecified atom stereocenters. The van der Waals surface area contributed by atoms with Crippen molar-refractivity contribution in [3.8, 4) is 16.8 Å². The van der Waals surface area contributed by atoms with Crippen LogP contribution >= 0.6 is 0 Å². The van der Waals surface area contributed by atoms with Gasteiger partial charge in [0.2, 0.25) is 0 Å². The first-order chi connectivity index (χ1) is 9.24. The third-order valence-corrected chi connectivity index (χ3v) is 2.84. The van der Waals surface area contributed by atoms with Crippen molar-refractivity contribution in [2.24, 2.45) is 0 Å². The second kappa shape index (κ2) is 4.65. The molecule has 0 aliphatic rings. The Morgan fingerprint density at radius 2 is 1.79 bits per heavy atom. The van der Waals surface area contributed by atoms with Gasteiger partial charge in [-0.3, -0.25) is 0 Å². The van der Waals surface area contributed by atoms with Gasteiger partial charge in [-0.2, -0.15) is 5.10 Å². The summed E-state index contributed by atoms with van der Waals surface area (Å²) in [6, 6.07) is 12.6. The van der Waals surface area contributed by atoms with E-state index >= 15 is 0 Å². The standard InChI is InChI=1S/C15H10F2N2/c16-12-4-3-5-13(8-12)19-10-11(9-18-19)14-6-1-2-7-15(14)17/h1-10H. The second-order valence-corrected chi connectivity index (χ2v) is 4.13. The molecule has 4 heteroatoms. The Morgan fingerprint density at radius 3 is 2.58 bits per heavy atom. The highest BCUT2D eigenvalue weighted by Gasteiger charge is 2.07. The van der Waals surface area contributed by atoms with Gasteiger partial charge >= 0.3 is 0 Å². The number of aromatic nitrogens is 2. The molecule has 0 aliphatic heterocycles. The van der Waals surface area contributed by atoms with Gasteiger partial charge < -0.3 is 0 Å². The molecule has 2 nitrogen and oxygen atoms in total. The van der Waals surface area contributed by atoms with Gasteiger partial charge in [0.1, 0.15) is 11.6 Å². The SMILES string of the molecule is Fc1cccc(-n2cc(-c3ccccc3F)cn2)c1. The van der Waals surface area contributed by atoms with Crippen LogP contribution in [0, 0.1) is 11.6 Å². The van der Waals surface area contributed by atoms with Crippen LogP contribution < -0.4 is 0 Å². The summed E-state index contributed by atoms with van der Waals surface area (Å²) in [6.45, 7) is 0. The van der Waals surface area contributed by atoms with Crippen LogP contribution in [0.25, 0.3) is 16.8 Å². The highest BCUT2D eigenvalue weighted by atomic mass is 19.1. The van der Waals surface area contributed by atoms with Gasteiger partial charge in [-0.25, -0.2) is 13.5 Å². The maximum atomic E-state index is 13.7. The van der Waals surface area contributed by atoms with Crippen LogP contribution in [0.1, 0.15) is 0 Å². The minimum Gasteiger partial charge on any atom is -0.240 e. The van der Waals surface area contributed by atoms with Crippen molar-refractivity contribution in [1.82, 2.24) is 9.78 Å². The van der Waals surface area contributed by atoms with E-state index in [9.17, 15) is 8.78 Å². The molecular formula is C15H10F2N2. The number of hydrogen-bond acceptors (Lipinski definition) is 1. The zero-order valence-corrected chi connectivity index (χ0v) is 9.92. The van der Waals surface area contributed by atoms with Crippen LogP contribution in [-0.2, 0) is 0 Å². The van der Waals surface area contributed by atoms with E-state index in [1.54, 1.807) is 42.7 Å². The molecule has 0 aliphatic carbocycles. The topological polar surface area (TPSA) is 17.8 Å². The monoisotopic (exact) mass is 256 g/mol. The lowest BCUT2D eigenvalue weighted by molar-refractivity contribution is 0.625. The Kier molecular flexibility index (Phi) is 2.83. The molecule has 0 saturated heterocycles. The average Bonchev–Trinajstić information content (AvgIpc) is 2.89. The van der Waals surface area contributed by atoms with Gasteiger partial charge in [0, 0.05) is 17.3 Å². The fourth-order valence-corrected chi connectivity index (χ4v) is 1.92. The smallest absolute Gasteiger partial charge is 0.131 e. The molecule has 0 fully saturated rings.